The maximum atomic E-state index is 12.5. The zero-order valence-electron chi connectivity index (χ0n) is 26.2. The van der Waals surface area contributed by atoms with Crippen LogP contribution >= 0.6 is 23.2 Å². The number of likely N-dealkylation sites (tertiary alicyclic amines) is 1. The lowest BCUT2D eigenvalue weighted by Crippen LogP contribution is -2.52. The van der Waals surface area contributed by atoms with Crippen molar-refractivity contribution >= 4 is 29.1 Å². The van der Waals surface area contributed by atoms with E-state index in [9.17, 15) is 13.6 Å². The third-order valence-electron chi connectivity index (χ3n) is 8.21. The average Bonchev–Trinajstić information content (AvgIpc) is 3.48. The molecule has 2 aromatic carbocycles. The summed E-state index contributed by atoms with van der Waals surface area (Å²) in [5.74, 6) is 0.743. The van der Waals surface area contributed by atoms with Gasteiger partial charge in [-0.2, -0.15) is 8.78 Å². The summed E-state index contributed by atoms with van der Waals surface area (Å²) >= 11 is 14.0. The molecule has 0 bridgehead atoms. The molecule has 11 nitrogen and oxygen atoms in total. The smallest absolute Gasteiger partial charge is 0.345 e. The van der Waals surface area contributed by atoms with E-state index in [1.54, 1.807) is 12.4 Å². The van der Waals surface area contributed by atoms with Crippen molar-refractivity contribution in [2.24, 2.45) is 0 Å². The largest absolute Gasteiger partial charge is 0.480 e. The maximum absolute atomic E-state index is 12.5. The number of carbonyl (C=O) groups excluding carboxylic acids is 1. The van der Waals surface area contributed by atoms with Crippen LogP contribution in [-0.2, 0) is 22.6 Å². The predicted octanol–water partition coefficient (Wildman–Crippen LogP) is 5.38. The molecule has 2 aromatic heterocycles. The van der Waals surface area contributed by atoms with Gasteiger partial charge in [-0.05, 0) is 6.42 Å². The summed E-state index contributed by atoms with van der Waals surface area (Å²) < 4.78 is 40.6. The van der Waals surface area contributed by atoms with Crippen LogP contribution in [0.4, 0.5) is 8.78 Å². The van der Waals surface area contributed by atoms with Crippen LogP contribution in [0.3, 0.4) is 0 Å². The quantitative estimate of drug-likeness (QED) is 0.188. The average molecular weight is 701 g/mol. The summed E-state index contributed by atoms with van der Waals surface area (Å²) in [4.78, 5) is 31.9. The van der Waals surface area contributed by atoms with E-state index < -0.39 is 12.7 Å². The molecule has 48 heavy (non-hydrogen) atoms. The van der Waals surface area contributed by atoms with Crippen LogP contribution in [0.5, 0.6) is 11.8 Å². The number of halogens is 4. The fourth-order valence-corrected chi connectivity index (χ4v) is 6.43. The van der Waals surface area contributed by atoms with E-state index in [1.165, 1.54) is 14.2 Å². The molecular weight excluding hydrogens is 667 g/mol. The van der Waals surface area contributed by atoms with Gasteiger partial charge in [-0.15, -0.1) is 0 Å². The van der Waals surface area contributed by atoms with E-state index in [-0.39, 0.29) is 11.9 Å². The summed E-state index contributed by atoms with van der Waals surface area (Å²) in [6.45, 7) is -0.641. The van der Waals surface area contributed by atoms with Gasteiger partial charge in [-0.3, -0.25) is 19.7 Å². The standard InChI is InChI=1S/C33H33Cl2F2N7O4/c1-46-31-26(12-38-11-18-9-10-28(45)41-18)39-13-24(42-31)22-7-3-5-20(29(22)34)21-6-4-8-23(30(21)35)25-14-40-27(32(43-25)47-2)17-44-15-19(16-44)48-33(36)37/h3-8,13-14,18-19,33,38H,9-12,15-17H2,1-2H3,(H,41,45). The molecule has 4 aromatic rings. The van der Waals surface area contributed by atoms with Gasteiger partial charge in [0.25, 0.3) is 0 Å². The molecule has 252 valence electrons. The Morgan fingerprint density at radius 1 is 0.917 bits per heavy atom. The van der Waals surface area contributed by atoms with Crippen molar-refractivity contribution in [3.8, 4) is 45.4 Å². The molecule has 2 aliphatic rings. The van der Waals surface area contributed by atoms with Crippen LogP contribution in [0.15, 0.2) is 48.8 Å². The van der Waals surface area contributed by atoms with E-state index >= 15 is 0 Å². The number of hydrogen-bond acceptors (Lipinski definition) is 10. The molecule has 2 aliphatic heterocycles. The first-order valence-electron chi connectivity index (χ1n) is 15.3. The number of rotatable bonds is 13. The van der Waals surface area contributed by atoms with E-state index in [0.29, 0.717) is 106 Å². The molecule has 1 atom stereocenters. The van der Waals surface area contributed by atoms with Gasteiger partial charge in [0.15, 0.2) is 0 Å². The summed E-state index contributed by atoms with van der Waals surface area (Å²) in [7, 11) is 3.03. The number of benzene rings is 2. The van der Waals surface area contributed by atoms with Crippen molar-refractivity contribution in [3.63, 3.8) is 0 Å². The third kappa shape index (κ3) is 7.50. The molecule has 0 spiro atoms. The van der Waals surface area contributed by atoms with Gasteiger partial charge < -0.3 is 24.8 Å². The van der Waals surface area contributed by atoms with Gasteiger partial charge in [0, 0.05) is 67.4 Å². The Morgan fingerprint density at radius 3 is 2.02 bits per heavy atom. The second-order valence-electron chi connectivity index (χ2n) is 11.4. The highest BCUT2D eigenvalue weighted by Gasteiger charge is 2.31. The van der Waals surface area contributed by atoms with Crippen molar-refractivity contribution in [1.29, 1.82) is 0 Å². The van der Waals surface area contributed by atoms with Gasteiger partial charge >= 0.3 is 6.61 Å². The van der Waals surface area contributed by atoms with E-state index in [2.05, 4.69) is 30.3 Å². The highest BCUT2D eigenvalue weighted by molar-refractivity contribution is 6.39. The van der Waals surface area contributed by atoms with Crippen LogP contribution in [0.1, 0.15) is 24.2 Å². The fourth-order valence-electron chi connectivity index (χ4n) is 5.78. The number of hydrogen-bond donors (Lipinski definition) is 2. The molecule has 6 rings (SSSR count). The van der Waals surface area contributed by atoms with Crippen LogP contribution in [0.2, 0.25) is 10.0 Å². The highest BCUT2D eigenvalue weighted by atomic mass is 35.5. The lowest BCUT2D eigenvalue weighted by atomic mass is 9.98. The van der Waals surface area contributed by atoms with E-state index in [1.807, 2.05) is 41.3 Å². The SMILES string of the molecule is COc1nc(-c2cccc(-c3cccc(-c4cnc(CN5CC(OC(F)F)C5)c(OC)n4)c3Cl)c2Cl)cnc1CNCC1CCC(=O)N1. The van der Waals surface area contributed by atoms with Crippen LogP contribution in [0, 0.1) is 0 Å². The first-order chi connectivity index (χ1) is 23.2. The Balaban J connectivity index is 1.21. The third-order valence-corrected chi connectivity index (χ3v) is 9.02. The van der Waals surface area contributed by atoms with E-state index in [4.69, 9.17) is 37.7 Å². The second-order valence-corrected chi connectivity index (χ2v) is 12.2. The molecule has 2 fully saturated rings. The van der Waals surface area contributed by atoms with Crippen LogP contribution < -0.4 is 20.1 Å². The molecule has 1 unspecified atom stereocenters. The predicted molar refractivity (Wildman–Crippen MR) is 176 cm³/mol. The van der Waals surface area contributed by atoms with Gasteiger partial charge in [0.2, 0.25) is 17.7 Å². The lowest BCUT2D eigenvalue weighted by molar-refractivity contribution is -0.197. The zero-order valence-corrected chi connectivity index (χ0v) is 27.7. The molecule has 2 saturated heterocycles. The first-order valence-corrected chi connectivity index (χ1v) is 16.0. The minimum atomic E-state index is -2.79. The van der Waals surface area contributed by atoms with Crippen molar-refractivity contribution in [2.75, 3.05) is 33.9 Å². The van der Waals surface area contributed by atoms with Crippen molar-refractivity contribution in [1.82, 2.24) is 35.5 Å². The van der Waals surface area contributed by atoms with Crippen molar-refractivity contribution < 1.29 is 27.8 Å². The van der Waals surface area contributed by atoms with Crippen molar-refractivity contribution in [2.45, 2.75) is 44.7 Å². The Hall–Kier alpha value is -4.01. The molecule has 2 N–H and O–H groups in total. The normalized spacial score (nSPS) is 16.6. The number of methoxy groups -OCH3 is 2. The topological polar surface area (TPSA) is 124 Å². The van der Waals surface area contributed by atoms with Gasteiger partial charge in [-0.25, -0.2) is 9.97 Å². The molecule has 1 amide bonds. The number of aromatic nitrogens is 4. The van der Waals surface area contributed by atoms with Gasteiger partial charge in [0.05, 0.1) is 54.2 Å². The second kappa shape index (κ2) is 15.0. The Bertz CT molecular complexity index is 1800. The number of amides is 1. The molecule has 0 aliphatic carbocycles. The summed E-state index contributed by atoms with van der Waals surface area (Å²) in [5.41, 5.74) is 4.85. The maximum Gasteiger partial charge on any atom is 0.345 e. The number of alkyl halides is 2. The fraction of sp³-hybridized carbons (Fsp3) is 0.364. The molecule has 15 heteroatoms. The Labute approximate surface area is 286 Å². The minimum Gasteiger partial charge on any atom is -0.480 e. The summed E-state index contributed by atoms with van der Waals surface area (Å²) in [6, 6.07) is 11.2. The van der Waals surface area contributed by atoms with Gasteiger partial charge in [0.1, 0.15) is 11.4 Å². The molecular formula is C33H33Cl2F2N7O4. The Morgan fingerprint density at radius 2 is 1.48 bits per heavy atom. The highest BCUT2D eigenvalue weighted by Crippen LogP contribution is 2.42. The van der Waals surface area contributed by atoms with Crippen LogP contribution in [0.25, 0.3) is 33.6 Å². The molecule has 0 radical (unpaired) electrons. The lowest BCUT2D eigenvalue weighted by Gasteiger charge is -2.38. The molecule has 4 heterocycles. The summed E-state index contributed by atoms with van der Waals surface area (Å²) in [6.07, 6.45) is 4.09. The number of carbonyl (C=O) groups is 1. The summed E-state index contributed by atoms with van der Waals surface area (Å²) in [5, 5.41) is 7.09. The number of ether oxygens (including phenoxy) is 3. The number of nitrogens with zero attached hydrogens (tertiary/aromatic N) is 5. The zero-order chi connectivity index (χ0) is 33.8. The van der Waals surface area contributed by atoms with Crippen LogP contribution in [-0.4, -0.2) is 83.4 Å². The minimum absolute atomic E-state index is 0.0695. The Kier molecular flexibility index (Phi) is 10.6. The molecule has 0 saturated carbocycles. The monoisotopic (exact) mass is 699 g/mol. The van der Waals surface area contributed by atoms with Crippen molar-refractivity contribution in [3.05, 3.63) is 70.2 Å². The number of nitrogens with one attached hydrogen (secondary N) is 2. The van der Waals surface area contributed by atoms with E-state index in [0.717, 1.165) is 6.42 Å². The first kappa shape index (κ1) is 33.9. The van der Waals surface area contributed by atoms with Gasteiger partial charge in [-0.1, -0.05) is 59.6 Å².